The Morgan fingerprint density at radius 2 is 1.46 bits per heavy atom. The van der Waals surface area contributed by atoms with Crippen LogP contribution in [0, 0.1) is 5.82 Å². The van der Waals surface area contributed by atoms with Gasteiger partial charge < -0.3 is 15.0 Å². The van der Waals surface area contributed by atoms with Crippen LogP contribution in [0.15, 0.2) is 114 Å². The first-order valence-electron chi connectivity index (χ1n) is 15.3. The fourth-order valence-electron chi connectivity index (χ4n) is 4.93. The van der Waals surface area contributed by atoms with Crippen LogP contribution in [-0.2, 0) is 32.6 Å². The first kappa shape index (κ1) is 34.2. The summed E-state index contributed by atoms with van der Waals surface area (Å²) in [6, 6.07) is 28.3. The van der Waals surface area contributed by atoms with Gasteiger partial charge in [-0.3, -0.25) is 13.9 Å². The zero-order chi connectivity index (χ0) is 33.1. The minimum absolute atomic E-state index is 0.0383. The molecule has 2 atom stereocenters. The third-order valence-electron chi connectivity index (χ3n) is 7.62. The molecule has 0 fully saturated rings. The van der Waals surface area contributed by atoms with E-state index in [1.807, 2.05) is 51.1 Å². The quantitative estimate of drug-likeness (QED) is 0.172. The average molecular weight is 646 g/mol. The van der Waals surface area contributed by atoms with Crippen molar-refractivity contribution in [1.29, 1.82) is 0 Å². The van der Waals surface area contributed by atoms with Crippen LogP contribution in [0.1, 0.15) is 38.3 Å². The summed E-state index contributed by atoms with van der Waals surface area (Å²) < 4.78 is 49.8. The smallest absolute Gasteiger partial charge is 0.264 e. The molecule has 0 bridgehead atoms. The molecule has 0 saturated heterocycles. The Kier molecular flexibility index (Phi) is 11.9. The van der Waals surface area contributed by atoms with E-state index in [1.165, 1.54) is 23.1 Å². The van der Waals surface area contributed by atoms with E-state index >= 15 is 4.39 Å². The van der Waals surface area contributed by atoms with Crippen LogP contribution in [0.5, 0.6) is 5.75 Å². The molecule has 0 saturated carbocycles. The zero-order valence-electron chi connectivity index (χ0n) is 26.3. The van der Waals surface area contributed by atoms with E-state index in [-0.39, 0.29) is 35.2 Å². The molecule has 0 aliphatic carbocycles. The molecule has 0 spiro atoms. The van der Waals surface area contributed by atoms with Crippen molar-refractivity contribution in [2.24, 2.45) is 0 Å². The minimum atomic E-state index is -4.27. The van der Waals surface area contributed by atoms with Crippen molar-refractivity contribution >= 4 is 27.5 Å². The number of sulfonamides is 1. The Morgan fingerprint density at radius 3 is 2.07 bits per heavy atom. The third-order valence-corrected chi connectivity index (χ3v) is 9.40. The second-order valence-corrected chi connectivity index (χ2v) is 12.8. The molecule has 2 amide bonds. The van der Waals surface area contributed by atoms with Crippen LogP contribution < -0.4 is 14.4 Å². The Balaban J connectivity index is 1.79. The number of carbonyl (C=O) groups excluding carboxylic acids is 2. The second-order valence-electron chi connectivity index (χ2n) is 10.9. The Labute approximate surface area is 270 Å². The van der Waals surface area contributed by atoms with E-state index in [0.717, 1.165) is 9.87 Å². The van der Waals surface area contributed by atoms with E-state index < -0.39 is 40.2 Å². The van der Waals surface area contributed by atoms with E-state index in [0.29, 0.717) is 18.8 Å². The summed E-state index contributed by atoms with van der Waals surface area (Å²) in [5.41, 5.74) is 1.25. The standard InChI is InChI=1S/C36H40FN3O5S/c1-4-27(3)38-36(42)34(24-28-14-8-6-9-15-28)39(25-29-16-12-13-19-33(29)37)35(41)26-40(30-17-10-7-11-18-30)46(43,44)32-22-20-31(21-23-32)45-5-2/h6-23,27,34H,4-5,24-26H2,1-3H3,(H,38,42). The number of hydrogen-bond acceptors (Lipinski definition) is 5. The SMILES string of the molecule is CCOc1ccc(S(=O)(=O)N(CC(=O)N(Cc2ccccc2F)C(Cc2ccccc2)C(=O)NC(C)CC)c2ccccc2)cc1. The number of halogens is 1. The molecule has 0 aliphatic rings. The van der Waals surface area contributed by atoms with E-state index in [2.05, 4.69) is 5.32 Å². The number of benzene rings is 4. The Bertz CT molecular complexity index is 1690. The average Bonchev–Trinajstić information content (AvgIpc) is 3.07. The first-order valence-corrected chi connectivity index (χ1v) is 16.8. The molecule has 1 N–H and O–H groups in total. The van der Waals surface area contributed by atoms with Gasteiger partial charge in [-0.2, -0.15) is 0 Å². The summed E-state index contributed by atoms with van der Waals surface area (Å²) in [7, 11) is -4.27. The molecule has 46 heavy (non-hydrogen) atoms. The largest absolute Gasteiger partial charge is 0.494 e. The number of nitrogens with one attached hydrogen (secondary N) is 1. The van der Waals surface area contributed by atoms with Crippen LogP contribution >= 0.6 is 0 Å². The highest BCUT2D eigenvalue weighted by atomic mass is 32.2. The van der Waals surface area contributed by atoms with Crippen molar-refractivity contribution in [1.82, 2.24) is 10.2 Å². The lowest BCUT2D eigenvalue weighted by molar-refractivity contribution is -0.140. The fraction of sp³-hybridized carbons (Fsp3) is 0.278. The number of para-hydroxylation sites is 1. The fourth-order valence-corrected chi connectivity index (χ4v) is 6.34. The van der Waals surface area contributed by atoms with Crippen molar-refractivity contribution in [3.8, 4) is 5.75 Å². The maximum Gasteiger partial charge on any atom is 0.264 e. The lowest BCUT2D eigenvalue weighted by Gasteiger charge is -2.34. The summed E-state index contributed by atoms with van der Waals surface area (Å²) in [6.07, 6.45) is 0.799. The highest BCUT2D eigenvalue weighted by molar-refractivity contribution is 7.92. The van der Waals surface area contributed by atoms with Gasteiger partial charge in [-0.05, 0) is 68.3 Å². The number of nitrogens with zero attached hydrogens (tertiary/aromatic N) is 2. The molecule has 8 nitrogen and oxygen atoms in total. The maximum atomic E-state index is 15.0. The number of ether oxygens (including phenoxy) is 1. The van der Waals surface area contributed by atoms with Crippen molar-refractivity contribution < 1.29 is 27.1 Å². The topological polar surface area (TPSA) is 96.0 Å². The molecule has 4 aromatic carbocycles. The maximum absolute atomic E-state index is 15.0. The zero-order valence-corrected chi connectivity index (χ0v) is 27.1. The number of amides is 2. The molecular weight excluding hydrogens is 605 g/mol. The summed E-state index contributed by atoms with van der Waals surface area (Å²) in [5, 5.41) is 2.97. The van der Waals surface area contributed by atoms with Gasteiger partial charge in [0.15, 0.2) is 0 Å². The Hall–Kier alpha value is -4.70. The first-order chi connectivity index (χ1) is 22.1. The molecule has 0 aromatic heterocycles. The minimum Gasteiger partial charge on any atom is -0.494 e. The van der Waals surface area contributed by atoms with Gasteiger partial charge in [-0.25, -0.2) is 12.8 Å². The van der Waals surface area contributed by atoms with Gasteiger partial charge in [0.05, 0.1) is 17.2 Å². The molecule has 0 aliphatic heterocycles. The molecule has 2 unspecified atom stereocenters. The molecule has 0 heterocycles. The van der Waals surface area contributed by atoms with E-state index in [4.69, 9.17) is 4.74 Å². The normalized spacial score (nSPS) is 12.5. The molecular formula is C36H40FN3O5S. The van der Waals surface area contributed by atoms with Crippen LogP contribution in [-0.4, -0.2) is 50.4 Å². The van der Waals surface area contributed by atoms with Crippen molar-refractivity contribution in [3.05, 3.63) is 126 Å². The van der Waals surface area contributed by atoms with Crippen LogP contribution in [0.25, 0.3) is 0 Å². The highest BCUT2D eigenvalue weighted by Gasteiger charge is 2.35. The van der Waals surface area contributed by atoms with Gasteiger partial charge in [0.25, 0.3) is 10.0 Å². The van der Waals surface area contributed by atoms with Gasteiger partial charge in [0.1, 0.15) is 24.2 Å². The van der Waals surface area contributed by atoms with E-state index in [1.54, 1.807) is 60.7 Å². The van der Waals surface area contributed by atoms with Crippen LogP contribution in [0.2, 0.25) is 0 Å². The summed E-state index contributed by atoms with van der Waals surface area (Å²) in [6.45, 7) is 5.17. The summed E-state index contributed by atoms with van der Waals surface area (Å²) >= 11 is 0. The summed E-state index contributed by atoms with van der Waals surface area (Å²) in [5.74, 6) is -1.11. The predicted octanol–water partition coefficient (Wildman–Crippen LogP) is 5.97. The third kappa shape index (κ3) is 8.72. The van der Waals surface area contributed by atoms with Crippen molar-refractivity contribution in [3.63, 3.8) is 0 Å². The number of rotatable bonds is 15. The second kappa shape index (κ2) is 16.0. The monoisotopic (exact) mass is 645 g/mol. The molecule has 4 aromatic rings. The van der Waals surface area contributed by atoms with Crippen LogP contribution in [0.4, 0.5) is 10.1 Å². The van der Waals surface area contributed by atoms with Crippen molar-refractivity contribution in [2.45, 2.75) is 57.1 Å². The lowest BCUT2D eigenvalue weighted by atomic mass is 10.0. The number of hydrogen-bond donors (Lipinski definition) is 1. The van der Waals surface area contributed by atoms with Gasteiger partial charge in [-0.15, -0.1) is 0 Å². The Morgan fingerprint density at radius 1 is 0.848 bits per heavy atom. The van der Waals surface area contributed by atoms with Crippen molar-refractivity contribution in [2.75, 3.05) is 17.5 Å². The molecule has 242 valence electrons. The van der Waals surface area contributed by atoms with Gasteiger partial charge in [-0.1, -0.05) is 73.7 Å². The van der Waals surface area contributed by atoms with Crippen LogP contribution in [0.3, 0.4) is 0 Å². The molecule has 4 rings (SSSR count). The summed E-state index contributed by atoms with van der Waals surface area (Å²) in [4.78, 5) is 29.5. The molecule has 10 heteroatoms. The number of anilines is 1. The predicted molar refractivity (Wildman–Crippen MR) is 177 cm³/mol. The molecule has 0 radical (unpaired) electrons. The van der Waals surface area contributed by atoms with Gasteiger partial charge in [0, 0.05) is 24.6 Å². The van der Waals surface area contributed by atoms with Gasteiger partial charge in [0.2, 0.25) is 11.8 Å². The number of carbonyl (C=O) groups is 2. The van der Waals surface area contributed by atoms with Gasteiger partial charge >= 0.3 is 0 Å². The van der Waals surface area contributed by atoms with E-state index in [9.17, 15) is 18.0 Å². The lowest BCUT2D eigenvalue weighted by Crippen LogP contribution is -2.54. The highest BCUT2D eigenvalue weighted by Crippen LogP contribution is 2.26.